The Bertz CT molecular complexity index is 643. The van der Waals surface area contributed by atoms with Crippen molar-refractivity contribution in [2.75, 3.05) is 0 Å². The summed E-state index contributed by atoms with van der Waals surface area (Å²) < 4.78 is 42.8. The summed E-state index contributed by atoms with van der Waals surface area (Å²) in [6, 6.07) is 5.54. The van der Waals surface area contributed by atoms with Gasteiger partial charge in [0.2, 0.25) is 0 Å². The SMILES string of the molecule is N=C(N)c1ccnc(Oc2cccc(C(F)(F)F)c2)n1. The summed E-state index contributed by atoms with van der Waals surface area (Å²) in [6.45, 7) is 0. The highest BCUT2D eigenvalue weighted by molar-refractivity contribution is 5.92. The number of nitrogens with zero attached hydrogens (tertiary/aromatic N) is 2. The summed E-state index contributed by atoms with van der Waals surface area (Å²) in [5.41, 5.74) is 4.54. The fourth-order valence-corrected chi connectivity index (χ4v) is 1.38. The molecule has 104 valence electrons. The van der Waals surface area contributed by atoms with E-state index in [0.717, 1.165) is 12.1 Å². The molecular weight excluding hydrogens is 273 g/mol. The van der Waals surface area contributed by atoms with Gasteiger partial charge in [0.05, 0.1) is 5.56 Å². The number of benzene rings is 1. The smallest absolute Gasteiger partial charge is 0.416 e. The second-order valence-electron chi connectivity index (χ2n) is 3.77. The summed E-state index contributed by atoms with van der Waals surface area (Å²) in [5, 5.41) is 7.21. The van der Waals surface area contributed by atoms with Gasteiger partial charge in [-0.1, -0.05) is 6.07 Å². The number of hydrogen-bond donors (Lipinski definition) is 2. The van der Waals surface area contributed by atoms with E-state index in [0.29, 0.717) is 0 Å². The number of halogens is 3. The normalized spacial score (nSPS) is 11.2. The van der Waals surface area contributed by atoms with Gasteiger partial charge in [-0.15, -0.1) is 0 Å². The summed E-state index contributed by atoms with van der Waals surface area (Å²) >= 11 is 0. The molecule has 0 atom stereocenters. The minimum Gasteiger partial charge on any atom is -0.424 e. The van der Waals surface area contributed by atoms with Crippen molar-refractivity contribution in [3.8, 4) is 11.8 Å². The molecule has 0 amide bonds. The third-order valence-electron chi connectivity index (χ3n) is 2.28. The number of rotatable bonds is 3. The third kappa shape index (κ3) is 3.22. The zero-order valence-corrected chi connectivity index (χ0v) is 9.98. The van der Waals surface area contributed by atoms with Crippen LogP contribution in [0.2, 0.25) is 0 Å². The van der Waals surface area contributed by atoms with Crippen LogP contribution in [0.4, 0.5) is 13.2 Å². The molecule has 0 spiro atoms. The van der Waals surface area contributed by atoms with E-state index in [1.165, 1.54) is 24.4 Å². The number of alkyl halides is 3. The van der Waals surface area contributed by atoms with Crippen molar-refractivity contribution < 1.29 is 17.9 Å². The molecule has 0 bridgehead atoms. The molecule has 2 rings (SSSR count). The first kappa shape index (κ1) is 13.8. The molecule has 1 heterocycles. The van der Waals surface area contributed by atoms with Crippen LogP contribution in [0.15, 0.2) is 36.5 Å². The van der Waals surface area contributed by atoms with E-state index >= 15 is 0 Å². The Morgan fingerprint density at radius 1 is 1.25 bits per heavy atom. The van der Waals surface area contributed by atoms with Crippen molar-refractivity contribution in [2.45, 2.75) is 6.18 Å². The Kier molecular flexibility index (Phi) is 3.55. The zero-order chi connectivity index (χ0) is 14.8. The molecule has 1 aromatic carbocycles. The van der Waals surface area contributed by atoms with Crippen LogP contribution in [0.1, 0.15) is 11.3 Å². The maximum absolute atomic E-state index is 12.5. The molecule has 2 aromatic rings. The van der Waals surface area contributed by atoms with Gasteiger partial charge in [0.1, 0.15) is 17.3 Å². The number of nitrogen functional groups attached to an aromatic ring is 1. The largest absolute Gasteiger partial charge is 0.424 e. The Hall–Kier alpha value is -2.64. The number of amidine groups is 1. The van der Waals surface area contributed by atoms with Gasteiger partial charge in [0.15, 0.2) is 0 Å². The monoisotopic (exact) mass is 282 g/mol. The average Bonchev–Trinajstić information content (AvgIpc) is 2.38. The molecule has 3 N–H and O–H groups in total. The van der Waals surface area contributed by atoms with Crippen LogP contribution in [-0.2, 0) is 6.18 Å². The molecule has 0 unspecified atom stereocenters. The van der Waals surface area contributed by atoms with Crippen LogP contribution in [0, 0.1) is 5.41 Å². The molecule has 0 fully saturated rings. The van der Waals surface area contributed by atoms with E-state index in [9.17, 15) is 13.2 Å². The summed E-state index contributed by atoms with van der Waals surface area (Å²) in [6.07, 6.45) is -3.16. The lowest BCUT2D eigenvalue weighted by Gasteiger charge is -2.09. The summed E-state index contributed by atoms with van der Waals surface area (Å²) in [4.78, 5) is 7.54. The van der Waals surface area contributed by atoms with E-state index in [2.05, 4.69) is 9.97 Å². The number of nitrogens with one attached hydrogen (secondary N) is 1. The third-order valence-corrected chi connectivity index (χ3v) is 2.28. The Morgan fingerprint density at radius 2 is 2.00 bits per heavy atom. The van der Waals surface area contributed by atoms with Gasteiger partial charge in [-0.05, 0) is 24.3 Å². The summed E-state index contributed by atoms with van der Waals surface area (Å²) in [7, 11) is 0. The number of aromatic nitrogens is 2. The van der Waals surface area contributed by atoms with Crippen molar-refractivity contribution in [1.82, 2.24) is 9.97 Å². The predicted octanol–water partition coefficient (Wildman–Crippen LogP) is 2.57. The van der Waals surface area contributed by atoms with Gasteiger partial charge in [-0.3, -0.25) is 5.41 Å². The van der Waals surface area contributed by atoms with Crippen molar-refractivity contribution in [1.29, 1.82) is 5.41 Å². The number of ether oxygens (including phenoxy) is 1. The standard InChI is InChI=1S/C12H9F3N4O/c13-12(14,15)7-2-1-3-8(6-7)20-11-18-5-4-9(19-11)10(16)17/h1-6H,(H3,16,17). The molecule has 0 saturated heterocycles. The van der Waals surface area contributed by atoms with Crippen LogP contribution in [0.25, 0.3) is 0 Å². The molecule has 0 aliphatic rings. The van der Waals surface area contributed by atoms with Crippen molar-refractivity contribution in [3.63, 3.8) is 0 Å². The first-order valence-corrected chi connectivity index (χ1v) is 5.39. The van der Waals surface area contributed by atoms with Crippen molar-refractivity contribution >= 4 is 5.84 Å². The lowest BCUT2D eigenvalue weighted by atomic mass is 10.2. The minimum atomic E-state index is -4.46. The zero-order valence-electron chi connectivity index (χ0n) is 9.98. The van der Waals surface area contributed by atoms with Gasteiger partial charge in [0, 0.05) is 6.20 Å². The number of hydrogen-bond acceptors (Lipinski definition) is 4. The molecule has 8 heteroatoms. The summed E-state index contributed by atoms with van der Waals surface area (Å²) in [5.74, 6) is -0.346. The fraction of sp³-hybridized carbons (Fsp3) is 0.0833. The molecule has 0 aliphatic heterocycles. The number of nitrogens with two attached hydrogens (primary N) is 1. The molecule has 0 aliphatic carbocycles. The second-order valence-corrected chi connectivity index (χ2v) is 3.77. The lowest BCUT2D eigenvalue weighted by molar-refractivity contribution is -0.137. The second kappa shape index (κ2) is 5.16. The van der Waals surface area contributed by atoms with Gasteiger partial charge < -0.3 is 10.5 Å². The van der Waals surface area contributed by atoms with E-state index < -0.39 is 11.7 Å². The highest BCUT2D eigenvalue weighted by Crippen LogP contribution is 2.32. The van der Waals surface area contributed by atoms with E-state index in [4.69, 9.17) is 15.9 Å². The van der Waals surface area contributed by atoms with Crippen molar-refractivity contribution in [2.24, 2.45) is 5.73 Å². The van der Waals surface area contributed by atoms with Gasteiger partial charge in [-0.25, -0.2) is 4.98 Å². The molecular formula is C12H9F3N4O. The molecule has 0 saturated carbocycles. The maximum Gasteiger partial charge on any atom is 0.416 e. The van der Waals surface area contributed by atoms with Gasteiger partial charge in [0.25, 0.3) is 0 Å². The Balaban J connectivity index is 2.26. The van der Waals surface area contributed by atoms with E-state index in [1.54, 1.807) is 0 Å². The molecule has 20 heavy (non-hydrogen) atoms. The maximum atomic E-state index is 12.5. The van der Waals surface area contributed by atoms with Gasteiger partial charge >= 0.3 is 12.2 Å². The molecule has 5 nitrogen and oxygen atoms in total. The Morgan fingerprint density at radius 3 is 2.65 bits per heavy atom. The first-order valence-electron chi connectivity index (χ1n) is 5.39. The molecule has 1 aromatic heterocycles. The van der Waals surface area contributed by atoms with Crippen LogP contribution >= 0.6 is 0 Å². The minimum absolute atomic E-state index is 0.0551. The van der Waals surface area contributed by atoms with Crippen LogP contribution < -0.4 is 10.5 Å². The van der Waals surface area contributed by atoms with Gasteiger partial charge in [-0.2, -0.15) is 18.2 Å². The molecule has 0 radical (unpaired) electrons. The van der Waals surface area contributed by atoms with Crippen LogP contribution in [0.3, 0.4) is 0 Å². The Labute approximate surface area is 111 Å². The lowest BCUT2D eigenvalue weighted by Crippen LogP contribution is -2.13. The van der Waals surface area contributed by atoms with E-state index in [1.807, 2.05) is 0 Å². The quantitative estimate of drug-likeness (QED) is 0.669. The highest BCUT2D eigenvalue weighted by atomic mass is 19.4. The highest BCUT2D eigenvalue weighted by Gasteiger charge is 2.30. The van der Waals surface area contributed by atoms with Crippen molar-refractivity contribution in [3.05, 3.63) is 47.8 Å². The van der Waals surface area contributed by atoms with Crippen LogP contribution in [-0.4, -0.2) is 15.8 Å². The fourth-order valence-electron chi connectivity index (χ4n) is 1.38. The predicted molar refractivity (Wildman–Crippen MR) is 64.6 cm³/mol. The van der Waals surface area contributed by atoms with E-state index in [-0.39, 0.29) is 23.3 Å². The first-order chi connectivity index (χ1) is 9.36. The average molecular weight is 282 g/mol. The van der Waals surface area contributed by atoms with Crippen LogP contribution in [0.5, 0.6) is 11.8 Å². The topological polar surface area (TPSA) is 84.9 Å².